The molecule has 1 aromatic carbocycles. The molecule has 0 radical (unpaired) electrons. The molecule has 2 rings (SSSR count). The number of piperidine rings is 1. The SMILES string of the molecule is CN1CCCC(NCc2ccc(N(C)C)cc2)C1. The molecule has 1 atom stereocenters. The second-order valence-corrected chi connectivity index (χ2v) is 5.54. The molecule has 0 saturated carbocycles. The van der Waals surface area contributed by atoms with Crippen LogP contribution in [0, 0.1) is 0 Å². The second kappa shape index (κ2) is 6.21. The van der Waals surface area contributed by atoms with Gasteiger partial charge in [-0.25, -0.2) is 0 Å². The fourth-order valence-electron chi connectivity index (χ4n) is 2.51. The van der Waals surface area contributed by atoms with E-state index in [-0.39, 0.29) is 0 Å². The van der Waals surface area contributed by atoms with Gasteiger partial charge in [-0.1, -0.05) is 12.1 Å². The quantitative estimate of drug-likeness (QED) is 0.877. The Morgan fingerprint density at radius 2 is 2.00 bits per heavy atom. The van der Waals surface area contributed by atoms with Crippen molar-refractivity contribution in [3.63, 3.8) is 0 Å². The van der Waals surface area contributed by atoms with E-state index in [1.54, 1.807) is 0 Å². The average Bonchev–Trinajstić information content (AvgIpc) is 2.37. The fraction of sp³-hybridized carbons (Fsp3) is 0.600. The van der Waals surface area contributed by atoms with E-state index in [0.29, 0.717) is 6.04 Å². The van der Waals surface area contributed by atoms with Crippen molar-refractivity contribution in [2.75, 3.05) is 39.1 Å². The largest absolute Gasteiger partial charge is 0.378 e. The number of likely N-dealkylation sites (N-methyl/N-ethyl adjacent to an activating group) is 1. The number of likely N-dealkylation sites (tertiary alicyclic amines) is 1. The van der Waals surface area contributed by atoms with Crippen LogP contribution in [0.4, 0.5) is 5.69 Å². The number of anilines is 1. The molecule has 1 fully saturated rings. The average molecular weight is 247 g/mol. The normalized spacial score (nSPS) is 20.9. The Kier molecular flexibility index (Phi) is 4.61. The van der Waals surface area contributed by atoms with Gasteiger partial charge in [-0.2, -0.15) is 0 Å². The highest BCUT2D eigenvalue weighted by Crippen LogP contribution is 2.13. The van der Waals surface area contributed by atoms with Gasteiger partial charge in [0.25, 0.3) is 0 Å². The fourth-order valence-corrected chi connectivity index (χ4v) is 2.51. The van der Waals surface area contributed by atoms with Crippen molar-refractivity contribution in [1.29, 1.82) is 0 Å². The summed E-state index contributed by atoms with van der Waals surface area (Å²) in [6, 6.07) is 9.45. The highest BCUT2D eigenvalue weighted by Gasteiger charge is 2.15. The van der Waals surface area contributed by atoms with Crippen LogP contribution in [0.15, 0.2) is 24.3 Å². The molecule has 0 aliphatic carbocycles. The zero-order valence-corrected chi connectivity index (χ0v) is 11.8. The van der Waals surface area contributed by atoms with Gasteiger partial charge >= 0.3 is 0 Å². The van der Waals surface area contributed by atoms with Crippen LogP contribution in [-0.4, -0.2) is 45.2 Å². The summed E-state index contributed by atoms with van der Waals surface area (Å²) in [5.41, 5.74) is 2.63. The van der Waals surface area contributed by atoms with Gasteiger partial charge in [0.2, 0.25) is 0 Å². The standard InChI is InChI=1S/C15H25N3/c1-17(2)15-8-6-13(7-9-15)11-16-14-5-4-10-18(3)12-14/h6-9,14,16H,4-5,10-12H2,1-3H3. The predicted molar refractivity (Wildman–Crippen MR) is 78.1 cm³/mol. The van der Waals surface area contributed by atoms with Crippen molar-refractivity contribution in [2.45, 2.75) is 25.4 Å². The Morgan fingerprint density at radius 1 is 1.28 bits per heavy atom. The van der Waals surface area contributed by atoms with Crippen molar-refractivity contribution in [3.8, 4) is 0 Å². The molecule has 1 aromatic rings. The van der Waals surface area contributed by atoms with Gasteiger partial charge in [-0.3, -0.25) is 0 Å². The smallest absolute Gasteiger partial charge is 0.0361 e. The van der Waals surface area contributed by atoms with E-state index in [4.69, 9.17) is 0 Å². The van der Waals surface area contributed by atoms with Gasteiger partial charge in [0.15, 0.2) is 0 Å². The maximum Gasteiger partial charge on any atom is 0.0361 e. The van der Waals surface area contributed by atoms with Crippen LogP contribution in [0.3, 0.4) is 0 Å². The van der Waals surface area contributed by atoms with Crippen LogP contribution in [0.2, 0.25) is 0 Å². The third-order valence-corrected chi connectivity index (χ3v) is 3.67. The third-order valence-electron chi connectivity index (χ3n) is 3.67. The van der Waals surface area contributed by atoms with Crippen molar-refractivity contribution in [3.05, 3.63) is 29.8 Å². The van der Waals surface area contributed by atoms with Crippen LogP contribution < -0.4 is 10.2 Å². The minimum atomic E-state index is 0.650. The van der Waals surface area contributed by atoms with E-state index in [9.17, 15) is 0 Å². The van der Waals surface area contributed by atoms with Crippen molar-refractivity contribution in [1.82, 2.24) is 10.2 Å². The number of nitrogens with zero attached hydrogens (tertiary/aromatic N) is 2. The van der Waals surface area contributed by atoms with Gasteiger partial charge in [-0.15, -0.1) is 0 Å². The van der Waals surface area contributed by atoms with Crippen LogP contribution in [-0.2, 0) is 6.54 Å². The Morgan fingerprint density at radius 3 is 2.61 bits per heavy atom. The minimum absolute atomic E-state index is 0.650. The summed E-state index contributed by atoms with van der Waals surface area (Å²) in [5.74, 6) is 0. The third kappa shape index (κ3) is 3.72. The minimum Gasteiger partial charge on any atom is -0.378 e. The molecule has 1 aliphatic heterocycles. The van der Waals surface area contributed by atoms with Gasteiger partial charge in [0.05, 0.1) is 0 Å². The lowest BCUT2D eigenvalue weighted by molar-refractivity contribution is 0.226. The van der Waals surface area contributed by atoms with Crippen LogP contribution in [0.25, 0.3) is 0 Å². The van der Waals surface area contributed by atoms with E-state index < -0.39 is 0 Å². The lowest BCUT2D eigenvalue weighted by Crippen LogP contribution is -2.43. The number of benzene rings is 1. The lowest BCUT2D eigenvalue weighted by atomic mass is 10.1. The molecule has 0 spiro atoms. The van der Waals surface area contributed by atoms with E-state index in [2.05, 4.69) is 60.5 Å². The topological polar surface area (TPSA) is 18.5 Å². The summed E-state index contributed by atoms with van der Waals surface area (Å²) >= 11 is 0. The molecule has 0 aromatic heterocycles. The molecule has 1 saturated heterocycles. The Hall–Kier alpha value is -1.06. The first-order chi connectivity index (χ1) is 8.65. The van der Waals surface area contributed by atoms with Crippen molar-refractivity contribution in [2.24, 2.45) is 0 Å². The molecule has 18 heavy (non-hydrogen) atoms. The molecule has 1 heterocycles. The van der Waals surface area contributed by atoms with Crippen molar-refractivity contribution < 1.29 is 0 Å². The van der Waals surface area contributed by atoms with Crippen LogP contribution >= 0.6 is 0 Å². The molecular formula is C15H25N3. The zero-order valence-electron chi connectivity index (χ0n) is 11.8. The number of hydrogen-bond donors (Lipinski definition) is 1. The molecule has 100 valence electrons. The van der Waals surface area contributed by atoms with Gasteiger partial charge < -0.3 is 15.1 Å². The summed E-state index contributed by atoms with van der Waals surface area (Å²) in [7, 11) is 6.36. The number of rotatable bonds is 4. The van der Waals surface area contributed by atoms with Gasteiger partial charge in [0, 0.05) is 38.9 Å². The molecular weight excluding hydrogens is 222 g/mol. The van der Waals surface area contributed by atoms with E-state index in [0.717, 1.165) is 6.54 Å². The Balaban J connectivity index is 1.82. The number of nitrogens with one attached hydrogen (secondary N) is 1. The summed E-state index contributed by atoms with van der Waals surface area (Å²) in [6.45, 7) is 3.40. The van der Waals surface area contributed by atoms with Gasteiger partial charge in [-0.05, 0) is 44.1 Å². The Bertz CT molecular complexity index is 359. The lowest BCUT2D eigenvalue weighted by Gasteiger charge is -2.30. The molecule has 0 bridgehead atoms. The molecule has 1 N–H and O–H groups in total. The first-order valence-electron chi connectivity index (χ1n) is 6.83. The summed E-state index contributed by atoms with van der Waals surface area (Å²) < 4.78 is 0. The maximum atomic E-state index is 3.66. The summed E-state index contributed by atoms with van der Waals surface area (Å²) in [5, 5.41) is 3.66. The summed E-state index contributed by atoms with van der Waals surface area (Å²) in [6.07, 6.45) is 2.62. The monoisotopic (exact) mass is 247 g/mol. The molecule has 1 aliphatic rings. The van der Waals surface area contributed by atoms with E-state index in [1.807, 2.05) is 0 Å². The molecule has 1 unspecified atom stereocenters. The first-order valence-corrected chi connectivity index (χ1v) is 6.83. The van der Waals surface area contributed by atoms with Crippen molar-refractivity contribution >= 4 is 5.69 Å². The number of hydrogen-bond acceptors (Lipinski definition) is 3. The van der Waals surface area contributed by atoms with E-state index in [1.165, 1.54) is 37.2 Å². The maximum absolute atomic E-state index is 3.66. The molecule has 3 nitrogen and oxygen atoms in total. The second-order valence-electron chi connectivity index (χ2n) is 5.54. The van der Waals surface area contributed by atoms with Crippen LogP contribution in [0.5, 0.6) is 0 Å². The molecule has 3 heteroatoms. The Labute approximate surface area is 111 Å². The van der Waals surface area contributed by atoms with E-state index >= 15 is 0 Å². The highest BCUT2D eigenvalue weighted by molar-refractivity contribution is 5.45. The first kappa shape index (κ1) is 13.4. The molecule has 0 amide bonds. The highest BCUT2D eigenvalue weighted by atomic mass is 15.1. The predicted octanol–water partition coefficient (Wildman–Crippen LogP) is 1.94. The summed E-state index contributed by atoms with van der Waals surface area (Å²) in [4.78, 5) is 4.55. The zero-order chi connectivity index (χ0) is 13.0. The van der Waals surface area contributed by atoms with Crippen LogP contribution in [0.1, 0.15) is 18.4 Å². The van der Waals surface area contributed by atoms with Gasteiger partial charge in [0.1, 0.15) is 0 Å².